The lowest BCUT2D eigenvalue weighted by Crippen LogP contribution is -2.29. The molecule has 0 amide bonds. The van der Waals surface area contributed by atoms with Crippen molar-refractivity contribution in [3.8, 4) is 0 Å². The Bertz CT molecular complexity index is 394. The zero-order valence-corrected chi connectivity index (χ0v) is 9.57. The van der Waals surface area contributed by atoms with Crippen LogP contribution in [-0.2, 0) is 12.6 Å². The lowest BCUT2D eigenvalue weighted by atomic mass is 9.84. The molecule has 0 bridgehead atoms. The molecule has 82 valence electrons. The number of rotatable bonds is 1. The fraction of sp³-hybridized carbons (Fsp3) is 0.583. The molecule has 0 aliphatic heterocycles. The molecule has 15 heavy (non-hydrogen) atoms. The monoisotopic (exact) mass is 206 g/mol. The zero-order chi connectivity index (χ0) is 11.1. The maximum Gasteiger partial charge on any atom is 0.124 e. The molecule has 1 aliphatic rings. The van der Waals surface area contributed by atoms with Gasteiger partial charge in [-0.05, 0) is 25.7 Å². The van der Waals surface area contributed by atoms with Gasteiger partial charge in [0.05, 0.1) is 11.9 Å². The van der Waals surface area contributed by atoms with Gasteiger partial charge < -0.3 is 9.67 Å². The summed E-state index contributed by atoms with van der Waals surface area (Å²) < 4.78 is 1.96. The molecule has 3 heteroatoms. The highest BCUT2D eigenvalue weighted by Gasteiger charge is 2.32. The maximum absolute atomic E-state index is 10.5. The number of aromatic nitrogens is 2. The number of allylic oxidation sites excluding steroid dienone is 1. The van der Waals surface area contributed by atoms with Gasteiger partial charge in [0.2, 0.25) is 0 Å². The molecule has 1 aliphatic carbocycles. The quantitative estimate of drug-likeness (QED) is 0.713. The number of nitrogens with zero attached hydrogens (tertiary/aromatic N) is 2. The van der Waals surface area contributed by atoms with Crippen molar-refractivity contribution in [3.05, 3.63) is 29.9 Å². The number of aryl methyl sites for hydroxylation is 1. The van der Waals surface area contributed by atoms with Crippen LogP contribution in [0.2, 0.25) is 0 Å². The Morgan fingerprint density at radius 1 is 1.60 bits per heavy atom. The molecule has 0 spiro atoms. The van der Waals surface area contributed by atoms with Crippen molar-refractivity contribution < 1.29 is 5.11 Å². The van der Waals surface area contributed by atoms with Gasteiger partial charge >= 0.3 is 0 Å². The van der Waals surface area contributed by atoms with E-state index in [2.05, 4.69) is 18.0 Å². The Morgan fingerprint density at radius 3 is 2.80 bits per heavy atom. The third-order valence-electron chi connectivity index (χ3n) is 3.35. The Labute approximate surface area is 90.5 Å². The summed E-state index contributed by atoms with van der Waals surface area (Å²) >= 11 is 0. The number of hydrogen-bond acceptors (Lipinski definition) is 2. The van der Waals surface area contributed by atoms with Gasteiger partial charge in [-0.3, -0.25) is 0 Å². The standard InChI is InChI=1S/C12H18N2O/c1-9-4-6-12(15,7-5-9)11-8-13-10(2)14(11)3/h4,6,8-9,15H,5,7H2,1-3H3. The van der Waals surface area contributed by atoms with E-state index in [-0.39, 0.29) is 0 Å². The predicted molar refractivity (Wildman–Crippen MR) is 59.4 cm³/mol. The van der Waals surface area contributed by atoms with E-state index in [0.29, 0.717) is 5.92 Å². The van der Waals surface area contributed by atoms with Crippen molar-refractivity contribution in [3.63, 3.8) is 0 Å². The van der Waals surface area contributed by atoms with E-state index in [1.54, 1.807) is 6.20 Å². The summed E-state index contributed by atoms with van der Waals surface area (Å²) in [7, 11) is 1.95. The molecule has 1 aromatic heterocycles. The van der Waals surface area contributed by atoms with E-state index in [1.807, 2.05) is 24.6 Å². The average molecular weight is 206 g/mol. The summed E-state index contributed by atoms with van der Waals surface area (Å²) in [5.74, 6) is 1.50. The summed E-state index contributed by atoms with van der Waals surface area (Å²) in [6.45, 7) is 4.12. The van der Waals surface area contributed by atoms with Crippen LogP contribution in [0.15, 0.2) is 18.3 Å². The SMILES string of the molecule is Cc1ncc(C2(O)C=CC(C)CC2)n1C. The van der Waals surface area contributed by atoms with Crippen LogP contribution in [0.1, 0.15) is 31.3 Å². The second kappa shape index (κ2) is 3.49. The topological polar surface area (TPSA) is 38.1 Å². The molecular formula is C12H18N2O. The van der Waals surface area contributed by atoms with Crippen molar-refractivity contribution in [1.29, 1.82) is 0 Å². The van der Waals surface area contributed by atoms with E-state index in [0.717, 1.165) is 24.4 Å². The first kappa shape index (κ1) is 10.4. The van der Waals surface area contributed by atoms with Crippen molar-refractivity contribution in [1.82, 2.24) is 9.55 Å². The largest absolute Gasteiger partial charge is 0.379 e. The van der Waals surface area contributed by atoms with Gasteiger partial charge in [0.15, 0.2) is 0 Å². The lowest BCUT2D eigenvalue weighted by molar-refractivity contribution is 0.0599. The summed E-state index contributed by atoms with van der Waals surface area (Å²) in [4.78, 5) is 4.22. The molecule has 0 saturated carbocycles. The van der Waals surface area contributed by atoms with Gasteiger partial charge in [-0.2, -0.15) is 0 Å². The van der Waals surface area contributed by atoms with Crippen molar-refractivity contribution >= 4 is 0 Å². The van der Waals surface area contributed by atoms with Crippen LogP contribution in [0.3, 0.4) is 0 Å². The molecule has 0 fully saturated rings. The highest BCUT2D eigenvalue weighted by Crippen LogP contribution is 2.34. The highest BCUT2D eigenvalue weighted by atomic mass is 16.3. The van der Waals surface area contributed by atoms with Crippen LogP contribution in [-0.4, -0.2) is 14.7 Å². The summed E-state index contributed by atoms with van der Waals surface area (Å²) in [6, 6.07) is 0. The van der Waals surface area contributed by atoms with Crippen LogP contribution in [0.5, 0.6) is 0 Å². The molecule has 0 radical (unpaired) electrons. The van der Waals surface area contributed by atoms with E-state index >= 15 is 0 Å². The summed E-state index contributed by atoms with van der Waals surface area (Å²) in [5.41, 5.74) is 0.0749. The minimum absolute atomic E-state index is 0.569. The van der Waals surface area contributed by atoms with Gasteiger partial charge in [0, 0.05) is 7.05 Å². The second-order valence-corrected chi connectivity index (χ2v) is 4.55. The van der Waals surface area contributed by atoms with E-state index in [1.165, 1.54) is 0 Å². The molecular weight excluding hydrogens is 188 g/mol. The normalized spacial score (nSPS) is 30.8. The van der Waals surface area contributed by atoms with Crippen molar-refractivity contribution in [2.45, 2.75) is 32.3 Å². The van der Waals surface area contributed by atoms with Crippen molar-refractivity contribution in [2.75, 3.05) is 0 Å². The molecule has 3 nitrogen and oxygen atoms in total. The molecule has 1 aromatic rings. The lowest BCUT2D eigenvalue weighted by Gasteiger charge is -2.30. The van der Waals surface area contributed by atoms with Gasteiger partial charge in [-0.15, -0.1) is 0 Å². The summed E-state index contributed by atoms with van der Waals surface area (Å²) in [6.07, 6.45) is 7.58. The van der Waals surface area contributed by atoms with Crippen LogP contribution < -0.4 is 0 Å². The molecule has 0 saturated heterocycles. The van der Waals surface area contributed by atoms with Crippen LogP contribution in [0.4, 0.5) is 0 Å². The predicted octanol–water partition coefficient (Wildman–Crippen LogP) is 1.90. The van der Waals surface area contributed by atoms with Gasteiger partial charge in [0.1, 0.15) is 11.4 Å². The minimum atomic E-state index is -0.817. The van der Waals surface area contributed by atoms with E-state index < -0.39 is 5.60 Å². The highest BCUT2D eigenvalue weighted by molar-refractivity contribution is 5.22. The molecule has 1 heterocycles. The van der Waals surface area contributed by atoms with Crippen LogP contribution in [0.25, 0.3) is 0 Å². The Hall–Kier alpha value is -1.09. The molecule has 1 N–H and O–H groups in total. The van der Waals surface area contributed by atoms with Gasteiger partial charge in [-0.1, -0.05) is 19.1 Å². The Morgan fingerprint density at radius 2 is 2.33 bits per heavy atom. The van der Waals surface area contributed by atoms with Gasteiger partial charge in [0.25, 0.3) is 0 Å². The smallest absolute Gasteiger partial charge is 0.124 e. The number of aliphatic hydroxyl groups is 1. The molecule has 0 aromatic carbocycles. The van der Waals surface area contributed by atoms with Crippen LogP contribution in [0, 0.1) is 12.8 Å². The summed E-state index contributed by atoms with van der Waals surface area (Å²) in [5, 5.41) is 10.5. The third-order valence-corrected chi connectivity index (χ3v) is 3.35. The van der Waals surface area contributed by atoms with E-state index in [4.69, 9.17) is 0 Å². The maximum atomic E-state index is 10.5. The molecule has 2 rings (SSSR count). The number of hydrogen-bond donors (Lipinski definition) is 1. The third kappa shape index (κ3) is 1.72. The van der Waals surface area contributed by atoms with E-state index in [9.17, 15) is 5.11 Å². The Balaban J connectivity index is 2.38. The minimum Gasteiger partial charge on any atom is -0.379 e. The van der Waals surface area contributed by atoms with Crippen LogP contribution >= 0.6 is 0 Å². The fourth-order valence-electron chi connectivity index (χ4n) is 2.07. The fourth-order valence-corrected chi connectivity index (χ4v) is 2.07. The molecule has 2 unspecified atom stereocenters. The molecule has 2 atom stereocenters. The second-order valence-electron chi connectivity index (χ2n) is 4.55. The first-order chi connectivity index (χ1) is 7.03. The first-order valence-corrected chi connectivity index (χ1v) is 5.43. The van der Waals surface area contributed by atoms with Gasteiger partial charge in [-0.25, -0.2) is 4.98 Å². The first-order valence-electron chi connectivity index (χ1n) is 5.43. The van der Waals surface area contributed by atoms with Crippen molar-refractivity contribution in [2.24, 2.45) is 13.0 Å². The number of imidazole rings is 1. The zero-order valence-electron chi connectivity index (χ0n) is 9.57. The Kier molecular flexibility index (Phi) is 2.43. The average Bonchev–Trinajstić information content (AvgIpc) is 2.54.